The molecule has 1 amide bonds. The number of benzene rings is 3. The Bertz CT molecular complexity index is 978. The summed E-state index contributed by atoms with van der Waals surface area (Å²) in [5.41, 5.74) is 2.30. The first kappa shape index (κ1) is 17.7. The smallest absolute Gasteiger partial charge is 0.243 e. The highest BCUT2D eigenvalue weighted by Gasteiger charge is 2.07. The molecule has 0 heterocycles. The number of aliphatic hydroxyl groups is 1. The quantitative estimate of drug-likeness (QED) is 0.433. The number of hydrogen-bond acceptors (Lipinski definition) is 3. The van der Waals surface area contributed by atoms with E-state index < -0.39 is 12.0 Å². The lowest BCUT2D eigenvalue weighted by molar-refractivity contribution is -0.165. The number of carbonyl (C=O) groups is 1. The highest BCUT2D eigenvalue weighted by atomic mass is 16.5. The van der Waals surface area contributed by atoms with Crippen LogP contribution in [-0.4, -0.2) is 21.3 Å². The number of rotatable bonds is 3. The van der Waals surface area contributed by atoms with Crippen molar-refractivity contribution in [2.24, 2.45) is 0 Å². The van der Waals surface area contributed by atoms with Gasteiger partial charge in [-0.15, -0.1) is 0 Å². The number of nitrogens with zero attached hydrogens (tertiary/aromatic N) is 1. The number of fused-ring (bicyclic) bond motifs is 1. The zero-order valence-corrected chi connectivity index (χ0v) is 14.4. The Morgan fingerprint density at radius 3 is 2.46 bits per heavy atom. The Labute approximate surface area is 152 Å². The van der Waals surface area contributed by atoms with Gasteiger partial charge in [-0.2, -0.15) is 0 Å². The molecule has 4 nitrogen and oxygen atoms in total. The molecule has 0 bridgehead atoms. The molecule has 0 aliphatic carbocycles. The Morgan fingerprint density at radius 1 is 1.04 bits per heavy atom. The van der Waals surface area contributed by atoms with Crippen molar-refractivity contribution in [1.82, 2.24) is 5.06 Å². The molecule has 0 aliphatic heterocycles. The summed E-state index contributed by atoms with van der Waals surface area (Å²) >= 11 is 0. The van der Waals surface area contributed by atoms with Gasteiger partial charge in [0.2, 0.25) is 5.91 Å². The van der Waals surface area contributed by atoms with E-state index in [-0.39, 0.29) is 6.54 Å². The standard InChI is InChI=1S/C22H19NO3/c1-16(24)23(26)15-17-9-11-20(12-10-17)22(25)14-13-19-7-4-6-18-5-2-3-8-21(18)19/h2-12,22,25-26H,15H2,1H3. The van der Waals surface area contributed by atoms with Crippen LogP contribution in [0.15, 0.2) is 66.7 Å². The molecular formula is C22H19NO3. The summed E-state index contributed by atoms with van der Waals surface area (Å²) < 4.78 is 0. The van der Waals surface area contributed by atoms with Crippen LogP contribution in [0.1, 0.15) is 29.7 Å². The predicted octanol–water partition coefficient (Wildman–Crippen LogP) is 3.66. The number of carbonyl (C=O) groups excluding carboxylic acids is 1. The molecule has 0 saturated heterocycles. The monoisotopic (exact) mass is 345 g/mol. The fourth-order valence-electron chi connectivity index (χ4n) is 2.65. The van der Waals surface area contributed by atoms with Crippen molar-refractivity contribution < 1.29 is 15.1 Å². The molecule has 0 fully saturated rings. The molecule has 1 atom stereocenters. The van der Waals surface area contributed by atoms with Crippen molar-refractivity contribution in [3.05, 3.63) is 83.4 Å². The van der Waals surface area contributed by atoms with Gasteiger partial charge in [0.1, 0.15) is 6.10 Å². The van der Waals surface area contributed by atoms with Crippen LogP contribution >= 0.6 is 0 Å². The van der Waals surface area contributed by atoms with Crippen LogP contribution in [-0.2, 0) is 11.3 Å². The number of hydroxylamine groups is 2. The van der Waals surface area contributed by atoms with E-state index in [0.29, 0.717) is 10.6 Å². The van der Waals surface area contributed by atoms with Gasteiger partial charge in [0.05, 0.1) is 6.54 Å². The first-order chi connectivity index (χ1) is 12.5. The summed E-state index contributed by atoms with van der Waals surface area (Å²) in [7, 11) is 0. The summed E-state index contributed by atoms with van der Waals surface area (Å²) in [6.45, 7) is 1.40. The molecule has 26 heavy (non-hydrogen) atoms. The second-order valence-electron chi connectivity index (χ2n) is 6.02. The van der Waals surface area contributed by atoms with Crippen LogP contribution in [0.25, 0.3) is 10.8 Å². The molecule has 0 radical (unpaired) electrons. The molecular weight excluding hydrogens is 326 g/mol. The fourth-order valence-corrected chi connectivity index (χ4v) is 2.65. The van der Waals surface area contributed by atoms with Gasteiger partial charge in [-0.1, -0.05) is 72.5 Å². The first-order valence-corrected chi connectivity index (χ1v) is 8.28. The van der Waals surface area contributed by atoms with Crippen molar-refractivity contribution in [2.45, 2.75) is 19.6 Å². The van der Waals surface area contributed by atoms with Crippen LogP contribution in [0.3, 0.4) is 0 Å². The van der Waals surface area contributed by atoms with Gasteiger partial charge >= 0.3 is 0 Å². The molecule has 0 aromatic heterocycles. The van der Waals surface area contributed by atoms with E-state index in [0.717, 1.165) is 21.9 Å². The molecule has 130 valence electrons. The van der Waals surface area contributed by atoms with E-state index in [4.69, 9.17) is 0 Å². The molecule has 0 saturated carbocycles. The lowest BCUT2D eigenvalue weighted by Crippen LogP contribution is -2.23. The van der Waals surface area contributed by atoms with E-state index >= 15 is 0 Å². The van der Waals surface area contributed by atoms with Gasteiger partial charge in [0.15, 0.2) is 0 Å². The minimum atomic E-state index is -0.916. The van der Waals surface area contributed by atoms with E-state index in [9.17, 15) is 15.1 Å². The van der Waals surface area contributed by atoms with Crippen molar-refractivity contribution in [1.29, 1.82) is 0 Å². The molecule has 3 rings (SSSR count). The highest BCUT2D eigenvalue weighted by molar-refractivity contribution is 5.88. The second kappa shape index (κ2) is 7.83. The third kappa shape index (κ3) is 4.09. The van der Waals surface area contributed by atoms with Gasteiger partial charge in [-0.05, 0) is 28.0 Å². The average Bonchev–Trinajstić information content (AvgIpc) is 2.66. The summed E-state index contributed by atoms with van der Waals surface area (Å²) in [6.07, 6.45) is -0.916. The maximum absolute atomic E-state index is 11.1. The molecule has 1 unspecified atom stereocenters. The van der Waals surface area contributed by atoms with E-state index in [1.54, 1.807) is 24.3 Å². The number of hydrogen-bond donors (Lipinski definition) is 2. The SMILES string of the molecule is CC(=O)N(O)Cc1ccc(C(O)C#Cc2cccc3ccccc23)cc1. The Morgan fingerprint density at radius 2 is 1.73 bits per heavy atom. The normalized spacial score (nSPS) is 11.5. The highest BCUT2D eigenvalue weighted by Crippen LogP contribution is 2.19. The summed E-state index contributed by atoms with van der Waals surface area (Å²) in [4.78, 5) is 11.1. The van der Waals surface area contributed by atoms with Crippen LogP contribution in [0, 0.1) is 11.8 Å². The lowest BCUT2D eigenvalue weighted by atomic mass is 10.0. The minimum Gasteiger partial charge on any atom is -0.376 e. The van der Waals surface area contributed by atoms with E-state index in [1.165, 1.54) is 6.92 Å². The molecule has 0 spiro atoms. The Kier molecular flexibility index (Phi) is 5.33. The van der Waals surface area contributed by atoms with Crippen molar-refractivity contribution in [3.8, 4) is 11.8 Å². The van der Waals surface area contributed by atoms with E-state index in [1.807, 2.05) is 42.5 Å². The van der Waals surface area contributed by atoms with Crippen LogP contribution < -0.4 is 0 Å². The van der Waals surface area contributed by atoms with Crippen LogP contribution in [0.4, 0.5) is 0 Å². The van der Waals surface area contributed by atoms with Crippen molar-refractivity contribution >= 4 is 16.7 Å². The maximum Gasteiger partial charge on any atom is 0.243 e. The third-order valence-electron chi connectivity index (χ3n) is 4.12. The minimum absolute atomic E-state index is 0.105. The number of amides is 1. The molecule has 3 aromatic carbocycles. The van der Waals surface area contributed by atoms with Crippen molar-refractivity contribution in [2.75, 3.05) is 0 Å². The topological polar surface area (TPSA) is 60.8 Å². The lowest BCUT2D eigenvalue weighted by Gasteiger charge is -2.13. The zero-order valence-electron chi connectivity index (χ0n) is 14.4. The van der Waals surface area contributed by atoms with Crippen molar-refractivity contribution in [3.63, 3.8) is 0 Å². The van der Waals surface area contributed by atoms with Crippen LogP contribution in [0.2, 0.25) is 0 Å². The second-order valence-corrected chi connectivity index (χ2v) is 6.02. The van der Waals surface area contributed by atoms with Crippen LogP contribution in [0.5, 0.6) is 0 Å². The third-order valence-corrected chi connectivity index (χ3v) is 4.12. The number of aliphatic hydroxyl groups excluding tert-OH is 1. The van der Waals surface area contributed by atoms with Gasteiger partial charge in [-0.25, -0.2) is 5.06 Å². The zero-order chi connectivity index (χ0) is 18.5. The maximum atomic E-state index is 11.1. The van der Waals surface area contributed by atoms with E-state index in [2.05, 4.69) is 11.8 Å². The summed E-state index contributed by atoms with van der Waals surface area (Å²) in [5, 5.41) is 22.6. The molecule has 3 aromatic rings. The van der Waals surface area contributed by atoms with Gasteiger partial charge < -0.3 is 5.11 Å². The summed E-state index contributed by atoms with van der Waals surface area (Å²) in [5.74, 6) is 5.51. The van der Waals surface area contributed by atoms with Gasteiger partial charge in [0, 0.05) is 12.5 Å². The average molecular weight is 345 g/mol. The largest absolute Gasteiger partial charge is 0.376 e. The predicted molar refractivity (Wildman–Crippen MR) is 100 cm³/mol. The van der Waals surface area contributed by atoms with Gasteiger partial charge in [-0.3, -0.25) is 10.0 Å². The first-order valence-electron chi connectivity index (χ1n) is 8.28. The fraction of sp³-hybridized carbons (Fsp3) is 0.136. The molecule has 0 aliphatic rings. The Balaban J connectivity index is 1.77. The van der Waals surface area contributed by atoms with Gasteiger partial charge in [0.25, 0.3) is 0 Å². The molecule has 2 N–H and O–H groups in total. The summed E-state index contributed by atoms with van der Waals surface area (Å²) in [6, 6.07) is 20.9. The molecule has 4 heteroatoms. The Hall–Kier alpha value is -3.13.